The second-order valence-corrected chi connectivity index (χ2v) is 4.27. The summed E-state index contributed by atoms with van der Waals surface area (Å²) in [7, 11) is 0. The van der Waals surface area contributed by atoms with Crippen molar-refractivity contribution in [3.63, 3.8) is 0 Å². The summed E-state index contributed by atoms with van der Waals surface area (Å²) in [5, 5.41) is 19.4. The summed E-state index contributed by atoms with van der Waals surface area (Å²) in [6, 6.07) is 9.74. The predicted molar refractivity (Wildman–Crippen MR) is 70.7 cm³/mol. The molecule has 2 aromatic rings. The number of benzene rings is 2. The average molecular weight is 265 g/mol. The Hall–Kier alpha value is -1.87. The average Bonchev–Trinajstić information content (AvgIpc) is 2.34. The molecule has 4 heteroatoms. The molecule has 0 aliphatic rings. The smallest absolute Gasteiger partial charge is 0.137 e. The van der Waals surface area contributed by atoms with Gasteiger partial charge >= 0.3 is 0 Å². The molecule has 0 bridgehead atoms. The van der Waals surface area contributed by atoms with E-state index in [4.69, 9.17) is 16.3 Å². The van der Waals surface area contributed by atoms with Gasteiger partial charge in [-0.25, -0.2) is 0 Å². The minimum absolute atomic E-state index is 0.0384. The summed E-state index contributed by atoms with van der Waals surface area (Å²) < 4.78 is 5.52. The van der Waals surface area contributed by atoms with E-state index in [9.17, 15) is 10.2 Å². The molecule has 0 atom stereocenters. The zero-order valence-corrected chi connectivity index (χ0v) is 10.6. The Morgan fingerprint density at radius 1 is 1.00 bits per heavy atom. The van der Waals surface area contributed by atoms with E-state index < -0.39 is 0 Å². The van der Waals surface area contributed by atoms with E-state index in [1.54, 1.807) is 30.3 Å². The van der Waals surface area contributed by atoms with Crippen molar-refractivity contribution in [2.45, 2.75) is 13.3 Å². The van der Waals surface area contributed by atoms with Crippen LogP contribution in [0.15, 0.2) is 36.4 Å². The first kappa shape index (κ1) is 12.6. The number of aromatic hydroxyl groups is 2. The summed E-state index contributed by atoms with van der Waals surface area (Å²) in [5.74, 6) is 1.13. The van der Waals surface area contributed by atoms with Crippen LogP contribution in [0.2, 0.25) is 5.02 Å². The minimum atomic E-state index is -0.0384. The number of aryl methyl sites for hydroxylation is 1. The van der Waals surface area contributed by atoms with Gasteiger partial charge in [0.05, 0.1) is 5.02 Å². The third kappa shape index (κ3) is 2.68. The van der Waals surface area contributed by atoms with Gasteiger partial charge in [0.1, 0.15) is 23.0 Å². The molecule has 0 heterocycles. The molecule has 0 aliphatic carbocycles. The normalized spacial score (nSPS) is 10.3. The number of hydrogen-bond donors (Lipinski definition) is 2. The Kier molecular flexibility index (Phi) is 3.63. The van der Waals surface area contributed by atoms with Crippen molar-refractivity contribution in [1.29, 1.82) is 0 Å². The Morgan fingerprint density at radius 2 is 1.61 bits per heavy atom. The van der Waals surface area contributed by atoms with Crippen molar-refractivity contribution < 1.29 is 14.9 Å². The molecule has 0 aliphatic heterocycles. The first-order chi connectivity index (χ1) is 8.60. The lowest BCUT2D eigenvalue weighted by Crippen LogP contribution is -1.86. The number of rotatable bonds is 3. The van der Waals surface area contributed by atoms with Crippen LogP contribution in [0.3, 0.4) is 0 Å². The van der Waals surface area contributed by atoms with Gasteiger partial charge in [-0.05, 0) is 30.2 Å². The van der Waals surface area contributed by atoms with Gasteiger partial charge in [0.25, 0.3) is 0 Å². The fraction of sp³-hybridized carbons (Fsp3) is 0.143. The Labute approximate surface area is 110 Å². The number of phenols is 2. The highest BCUT2D eigenvalue weighted by atomic mass is 35.5. The summed E-state index contributed by atoms with van der Waals surface area (Å²) in [4.78, 5) is 0. The van der Waals surface area contributed by atoms with E-state index in [-0.39, 0.29) is 16.5 Å². The van der Waals surface area contributed by atoms with E-state index in [0.29, 0.717) is 11.5 Å². The molecule has 0 fully saturated rings. The van der Waals surface area contributed by atoms with Gasteiger partial charge < -0.3 is 14.9 Å². The predicted octanol–water partition coefficient (Wildman–Crippen LogP) is 4.11. The first-order valence-electron chi connectivity index (χ1n) is 5.58. The second-order valence-electron chi connectivity index (χ2n) is 3.86. The number of phenolic OH excluding ortho intramolecular Hbond substituents is 2. The monoisotopic (exact) mass is 264 g/mol. The quantitative estimate of drug-likeness (QED) is 0.877. The van der Waals surface area contributed by atoms with E-state index >= 15 is 0 Å². The molecule has 18 heavy (non-hydrogen) atoms. The van der Waals surface area contributed by atoms with Gasteiger partial charge in [-0.15, -0.1) is 0 Å². The lowest BCUT2D eigenvalue weighted by Gasteiger charge is -2.08. The molecule has 0 spiro atoms. The van der Waals surface area contributed by atoms with Gasteiger partial charge in [-0.2, -0.15) is 0 Å². The van der Waals surface area contributed by atoms with E-state index in [2.05, 4.69) is 0 Å². The zero-order chi connectivity index (χ0) is 13.1. The summed E-state index contributed by atoms with van der Waals surface area (Å²) in [6.45, 7) is 1.97. The molecule has 0 radical (unpaired) electrons. The van der Waals surface area contributed by atoms with Gasteiger partial charge in [0.2, 0.25) is 0 Å². The molecule has 94 valence electrons. The molecule has 0 saturated carbocycles. The van der Waals surface area contributed by atoms with E-state index in [1.807, 2.05) is 6.92 Å². The third-order valence-corrected chi connectivity index (χ3v) is 2.91. The molecule has 2 aromatic carbocycles. The Morgan fingerprint density at radius 3 is 2.17 bits per heavy atom. The van der Waals surface area contributed by atoms with Crippen molar-refractivity contribution in [3.8, 4) is 23.0 Å². The fourth-order valence-corrected chi connectivity index (χ4v) is 1.72. The van der Waals surface area contributed by atoms with Gasteiger partial charge in [0, 0.05) is 12.1 Å². The Bertz CT molecular complexity index is 567. The van der Waals surface area contributed by atoms with Gasteiger partial charge in [0.15, 0.2) is 0 Å². The van der Waals surface area contributed by atoms with Crippen LogP contribution in [-0.4, -0.2) is 10.2 Å². The molecule has 3 nitrogen and oxygen atoms in total. The fourth-order valence-electron chi connectivity index (χ4n) is 1.60. The Balaban J connectivity index is 2.23. The summed E-state index contributed by atoms with van der Waals surface area (Å²) >= 11 is 5.70. The van der Waals surface area contributed by atoms with Crippen LogP contribution in [0.25, 0.3) is 0 Å². The SMILES string of the molecule is CCc1ccc(Oc2ccc(Cl)c(O)c2)cc1O. The second kappa shape index (κ2) is 5.19. The highest BCUT2D eigenvalue weighted by molar-refractivity contribution is 6.32. The number of ether oxygens (including phenoxy) is 1. The third-order valence-electron chi connectivity index (χ3n) is 2.59. The highest BCUT2D eigenvalue weighted by Crippen LogP contribution is 2.32. The molecule has 0 unspecified atom stereocenters. The van der Waals surface area contributed by atoms with Crippen LogP contribution < -0.4 is 4.74 Å². The van der Waals surface area contributed by atoms with Gasteiger partial charge in [-0.3, -0.25) is 0 Å². The molecule has 0 saturated heterocycles. The van der Waals surface area contributed by atoms with E-state index in [1.165, 1.54) is 6.07 Å². The van der Waals surface area contributed by atoms with Crippen molar-refractivity contribution in [3.05, 3.63) is 47.0 Å². The van der Waals surface area contributed by atoms with Crippen LogP contribution >= 0.6 is 11.6 Å². The van der Waals surface area contributed by atoms with Crippen molar-refractivity contribution in [2.75, 3.05) is 0 Å². The van der Waals surface area contributed by atoms with Crippen molar-refractivity contribution in [2.24, 2.45) is 0 Å². The molecular formula is C14H13ClO3. The topological polar surface area (TPSA) is 49.7 Å². The van der Waals surface area contributed by atoms with Crippen LogP contribution in [-0.2, 0) is 6.42 Å². The highest BCUT2D eigenvalue weighted by Gasteiger charge is 2.05. The maximum Gasteiger partial charge on any atom is 0.137 e. The lowest BCUT2D eigenvalue weighted by molar-refractivity contribution is 0.443. The summed E-state index contributed by atoms with van der Waals surface area (Å²) in [6.07, 6.45) is 0.758. The number of hydrogen-bond acceptors (Lipinski definition) is 3. The summed E-state index contributed by atoms with van der Waals surface area (Å²) in [5.41, 5.74) is 0.862. The van der Waals surface area contributed by atoms with Crippen LogP contribution in [0.4, 0.5) is 0 Å². The standard InChI is InChI=1S/C14H13ClO3/c1-2-9-3-4-10(7-13(9)16)18-11-5-6-12(15)14(17)8-11/h3-8,16-17H,2H2,1H3. The number of halogens is 1. The van der Waals surface area contributed by atoms with Crippen molar-refractivity contribution >= 4 is 11.6 Å². The zero-order valence-electron chi connectivity index (χ0n) is 9.85. The largest absolute Gasteiger partial charge is 0.508 e. The minimum Gasteiger partial charge on any atom is -0.508 e. The molecular weight excluding hydrogens is 252 g/mol. The lowest BCUT2D eigenvalue weighted by atomic mass is 10.1. The van der Waals surface area contributed by atoms with Crippen molar-refractivity contribution in [1.82, 2.24) is 0 Å². The first-order valence-corrected chi connectivity index (χ1v) is 5.96. The van der Waals surface area contributed by atoms with Crippen LogP contribution in [0.1, 0.15) is 12.5 Å². The van der Waals surface area contributed by atoms with E-state index in [0.717, 1.165) is 12.0 Å². The van der Waals surface area contributed by atoms with Crippen LogP contribution in [0, 0.1) is 0 Å². The molecule has 0 aromatic heterocycles. The van der Waals surface area contributed by atoms with Gasteiger partial charge in [-0.1, -0.05) is 24.6 Å². The molecule has 2 N–H and O–H groups in total. The van der Waals surface area contributed by atoms with Crippen LogP contribution in [0.5, 0.6) is 23.0 Å². The maximum absolute atomic E-state index is 9.72. The maximum atomic E-state index is 9.72. The molecule has 2 rings (SSSR count). The molecule has 0 amide bonds.